The second kappa shape index (κ2) is 8.15. The minimum atomic E-state index is -0.263. The Balaban J connectivity index is 1.39. The number of benzene rings is 2. The highest BCUT2D eigenvalue weighted by Gasteiger charge is 2.24. The summed E-state index contributed by atoms with van der Waals surface area (Å²) in [4.78, 5) is 12.5. The maximum absolute atomic E-state index is 13.2. The van der Waals surface area contributed by atoms with E-state index in [1.54, 1.807) is 16.8 Å². The summed E-state index contributed by atoms with van der Waals surface area (Å²) in [6.07, 6.45) is 2.16. The van der Waals surface area contributed by atoms with Crippen molar-refractivity contribution in [1.82, 2.24) is 19.7 Å². The number of aromatic nitrogens is 3. The molecule has 2 aromatic heterocycles. The van der Waals surface area contributed by atoms with Gasteiger partial charge in [0, 0.05) is 47.9 Å². The van der Waals surface area contributed by atoms with Gasteiger partial charge in [0.25, 0.3) is 0 Å². The number of amides is 1. The molecular weight excluding hydrogens is 405 g/mol. The molecule has 0 atom stereocenters. The van der Waals surface area contributed by atoms with Gasteiger partial charge in [0.1, 0.15) is 18.2 Å². The highest BCUT2D eigenvalue weighted by molar-refractivity contribution is 5.88. The van der Waals surface area contributed by atoms with Crippen molar-refractivity contribution in [3.8, 4) is 11.3 Å². The fourth-order valence-corrected chi connectivity index (χ4v) is 4.15. The van der Waals surface area contributed by atoms with Crippen LogP contribution < -0.4 is 10.6 Å². The van der Waals surface area contributed by atoms with Crippen LogP contribution >= 0.6 is 0 Å². The molecule has 1 saturated carbocycles. The zero-order chi connectivity index (χ0) is 22.2. The van der Waals surface area contributed by atoms with Gasteiger partial charge in [0.2, 0.25) is 5.91 Å². The van der Waals surface area contributed by atoms with E-state index in [2.05, 4.69) is 39.4 Å². The minimum absolute atomic E-state index is 0.0615. The number of anilines is 1. The Hall–Kier alpha value is -3.61. The Kier molecular flexibility index (Phi) is 5.17. The molecule has 2 N–H and O–H groups in total. The van der Waals surface area contributed by atoms with Gasteiger partial charge in [-0.15, -0.1) is 0 Å². The number of hydrogen-bond donors (Lipinski definition) is 2. The lowest BCUT2D eigenvalue weighted by atomic mass is 10.1. The van der Waals surface area contributed by atoms with Gasteiger partial charge in [-0.2, -0.15) is 5.10 Å². The second-order valence-electron chi connectivity index (χ2n) is 8.41. The summed E-state index contributed by atoms with van der Waals surface area (Å²) in [7, 11) is 1.88. The largest absolute Gasteiger partial charge is 0.366 e. The molecule has 0 saturated heterocycles. The van der Waals surface area contributed by atoms with Gasteiger partial charge < -0.3 is 15.2 Å². The van der Waals surface area contributed by atoms with Crippen molar-refractivity contribution in [1.29, 1.82) is 0 Å². The van der Waals surface area contributed by atoms with Crippen LogP contribution in [0.3, 0.4) is 0 Å². The number of halogens is 1. The molecule has 7 heteroatoms. The Bertz CT molecular complexity index is 1280. The van der Waals surface area contributed by atoms with Crippen LogP contribution in [-0.4, -0.2) is 26.3 Å². The minimum Gasteiger partial charge on any atom is -0.366 e. The Morgan fingerprint density at radius 2 is 1.91 bits per heavy atom. The van der Waals surface area contributed by atoms with E-state index in [0.717, 1.165) is 52.1 Å². The lowest BCUT2D eigenvalue weighted by Gasteiger charge is -2.10. The Labute approximate surface area is 186 Å². The van der Waals surface area contributed by atoms with Crippen molar-refractivity contribution in [2.75, 3.05) is 5.32 Å². The number of nitrogens with zero attached hydrogens (tertiary/aromatic N) is 3. The van der Waals surface area contributed by atoms with Crippen LogP contribution in [0.1, 0.15) is 24.1 Å². The van der Waals surface area contributed by atoms with Crippen molar-refractivity contribution >= 4 is 22.6 Å². The number of para-hydroxylation sites is 1. The summed E-state index contributed by atoms with van der Waals surface area (Å²) in [5.74, 6) is 0.666. The lowest BCUT2D eigenvalue weighted by Crippen LogP contribution is -2.29. The molecule has 0 aliphatic heterocycles. The number of nitrogens with one attached hydrogen (secondary N) is 2. The van der Waals surface area contributed by atoms with Gasteiger partial charge in [-0.1, -0.05) is 18.2 Å². The molecule has 4 aromatic rings. The van der Waals surface area contributed by atoms with Crippen molar-refractivity contribution in [3.05, 3.63) is 71.7 Å². The topological polar surface area (TPSA) is 63.9 Å². The van der Waals surface area contributed by atoms with Crippen LogP contribution in [0.5, 0.6) is 0 Å². The summed E-state index contributed by atoms with van der Waals surface area (Å²) >= 11 is 0. The van der Waals surface area contributed by atoms with E-state index in [-0.39, 0.29) is 11.7 Å². The summed E-state index contributed by atoms with van der Waals surface area (Å²) in [6.45, 7) is 2.99. The van der Waals surface area contributed by atoms with E-state index >= 15 is 0 Å². The zero-order valence-electron chi connectivity index (χ0n) is 18.2. The number of carbonyl (C=O) groups excluding carboxylic acids is 1. The third kappa shape index (κ3) is 3.98. The van der Waals surface area contributed by atoms with E-state index in [0.29, 0.717) is 19.1 Å². The molecular formula is C25H26FN5O. The van der Waals surface area contributed by atoms with Gasteiger partial charge in [0.15, 0.2) is 0 Å². The molecule has 0 spiro atoms. The molecule has 2 heterocycles. The number of fused-ring (bicyclic) bond motifs is 1. The Morgan fingerprint density at radius 1 is 1.16 bits per heavy atom. The SMILES string of the molecule is Cc1c(CNc2cc(-c3ccc(F)cc3)nn2C)c2ccccc2n1CC(=O)NC1CC1. The monoisotopic (exact) mass is 431 g/mol. The van der Waals surface area contributed by atoms with E-state index in [1.165, 1.54) is 12.1 Å². The van der Waals surface area contributed by atoms with E-state index < -0.39 is 0 Å². The first-order chi connectivity index (χ1) is 15.5. The molecule has 1 amide bonds. The molecule has 0 bridgehead atoms. The third-order valence-electron chi connectivity index (χ3n) is 6.07. The van der Waals surface area contributed by atoms with E-state index in [9.17, 15) is 9.18 Å². The molecule has 164 valence electrons. The van der Waals surface area contributed by atoms with E-state index in [1.807, 2.05) is 25.2 Å². The number of carbonyl (C=O) groups is 1. The van der Waals surface area contributed by atoms with Crippen molar-refractivity contribution < 1.29 is 9.18 Å². The fraction of sp³-hybridized carbons (Fsp3) is 0.280. The first kappa shape index (κ1) is 20.3. The van der Waals surface area contributed by atoms with Gasteiger partial charge in [-0.05, 0) is 55.7 Å². The van der Waals surface area contributed by atoms with Crippen LogP contribution in [0.25, 0.3) is 22.2 Å². The summed E-state index contributed by atoms with van der Waals surface area (Å²) in [6, 6.07) is 16.8. The van der Waals surface area contributed by atoms with Crippen LogP contribution in [0.4, 0.5) is 10.2 Å². The molecule has 6 nitrogen and oxygen atoms in total. The lowest BCUT2D eigenvalue weighted by molar-refractivity contribution is -0.121. The van der Waals surface area contributed by atoms with Gasteiger partial charge in [-0.25, -0.2) is 4.39 Å². The quantitative estimate of drug-likeness (QED) is 0.456. The highest BCUT2D eigenvalue weighted by Crippen LogP contribution is 2.28. The third-order valence-corrected chi connectivity index (χ3v) is 6.07. The second-order valence-corrected chi connectivity index (χ2v) is 8.41. The van der Waals surface area contributed by atoms with Crippen molar-refractivity contribution in [2.45, 2.75) is 38.9 Å². The molecule has 5 rings (SSSR count). The predicted octanol–water partition coefficient (Wildman–Crippen LogP) is 4.38. The molecule has 1 fully saturated rings. The van der Waals surface area contributed by atoms with Gasteiger partial charge >= 0.3 is 0 Å². The zero-order valence-corrected chi connectivity index (χ0v) is 18.2. The van der Waals surface area contributed by atoms with Crippen molar-refractivity contribution in [2.24, 2.45) is 7.05 Å². The number of hydrogen-bond acceptors (Lipinski definition) is 3. The average Bonchev–Trinajstić information content (AvgIpc) is 3.46. The average molecular weight is 432 g/mol. The fourth-order valence-electron chi connectivity index (χ4n) is 4.15. The predicted molar refractivity (Wildman–Crippen MR) is 124 cm³/mol. The molecule has 1 aliphatic rings. The first-order valence-corrected chi connectivity index (χ1v) is 10.9. The Morgan fingerprint density at radius 3 is 2.66 bits per heavy atom. The molecule has 32 heavy (non-hydrogen) atoms. The summed E-state index contributed by atoms with van der Waals surface area (Å²) < 4.78 is 17.1. The smallest absolute Gasteiger partial charge is 0.240 e. The van der Waals surface area contributed by atoms with Crippen LogP contribution in [-0.2, 0) is 24.9 Å². The van der Waals surface area contributed by atoms with Crippen LogP contribution in [0.2, 0.25) is 0 Å². The molecule has 0 unspecified atom stereocenters. The number of rotatable bonds is 7. The van der Waals surface area contributed by atoms with Gasteiger partial charge in [-0.3, -0.25) is 9.48 Å². The maximum Gasteiger partial charge on any atom is 0.240 e. The molecule has 0 radical (unpaired) electrons. The maximum atomic E-state index is 13.2. The summed E-state index contributed by atoms with van der Waals surface area (Å²) in [5.41, 5.74) is 4.94. The summed E-state index contributed by atoms with van der Waals surface area (Å²) in [5, 5.41) is 12.3. The normalized spacial score (nSPS) is 13.5. The first-order valence-electron chi connectivity index (χ1n) is 10.9. The molecule has 2 aromatic carbocycles. The number of aryl methyl sites for hydroxylation is 1. The van der Waals surface area contributed by atoms with Crippen LogP contribution in [0.15, 0.2) is 54.6 Å². The standard InChI is InChI=1S/C25H26FN5O/c1-16-21(14-27-24-13-22(29-30(24)2)17-7-9-18(26)10-8-17)20-5-3-4-6-23(20)31(16)15-25(32)28-19-11-12-19/h3-10,13,19,27H,11-12,14-15H2,1-2H3,(H,28,32). The van der Waals surface area contributed by atoms with Crippen molar-refractivity contribution in [3.63, 3.8) is 0 Å². The van der Waals surface area contributed by atoms with E-state index in [4.69, 9.17) is 0 Å². The molecule has 1 aliphatic carbocycles. The van der Waals surface area contributed by atoms with Crippen LogP contribution in [0, 0.1) is 12.7 Å². The highest BCUT2D eigenvalue weighted by atomic mass is 19.1. The van der Waals surface area contributed by atoms with Gasteiger partial charge in [0.05, 0.1) is 5.69 Å².